The number of aromatic hydroxyl groups is 1. The van der Waals surface area contributed by atoms with Crippen molar-refractivity contribution in [1.82, 2.24) is 19.9 Å². The van der Waals surface area contributed by atoms with Crippen LogP contribution in [-0.4, -0.2) is 76.5 Å². The number of fused-ring (bicyclic) bond motifs is 3. The van der Waals surface area contributed by atoms with Crippen LogP contribution in [0.25, 0.3) is 32.9 Å². The Bertz CT molecular complexity index is 1830. The Labute approximate surface area is 267 Å². The number of hydrogen-bond donors (Lipinski definition) is 1. The highest BCUT2D eigenvalue weighted by molar-refractivity contribution is 6.01. The number of nitrogens with zero attached hydrogens (tertiary/aromatic N) is 5. The summed E-state index contributed by atoms with van der Waals surface area (Å²) in [6.45, 7) is 9.73. The van der Waals surface area contributed by atoms with E-state index >= 15 is 8.78 Å². The second-order valence-electron chi connectivity index (χ2n) is 14.2. The van der Waals surface area contributed by atoms with Gasteiger partial charge in [0.1, 0.15) is 35.2 Å². The van der Waals surface area contributed by atoms with E-state index in [2.05, 4.69) is 21.7 Å². The predicted octanol–water partition coefficient (Wildman–Crippen LogP) is 6.65. The van der Waals surface area contributed by atoms with E-state index in [0.29, 0.717) is 58.7 Å². The van der Waals surface area contributed by atoms with Gasteiger partial charge in [-0.1, -0.05) is 19.9 Å². The fraction of sp³-hybridized carbons (Fsp3) is 0.528. The molecular weight excluding hydrogens is 588 g/mol. The summed E-state index contributed by atoms with van der Waals surface area (Å²) in [7, 11) is 0. The molecule has 0 radical (unpaired) electrons. The molecule has 1 N–H and O–H groups in total. The standard InChI is InChI=1S/C36H41F2N5O3/c1-3-25-28(37)7-6-23-14-24(44)15-26(29(23)25)31-30(38)32-27(17-39-31)33(42-11-4-8-35(19-42)10-13-45-20-35)41-34(40-32)46-21-36-9-5-12-43(36)18-22(2)16-36/h6-7,14-15,17,22,44H,3-5,8-13,16,18-21H2,1-2H3/t22-,35?,36+/m1/s1. The van der Waals surface area contributed by atoms with Crippen molar-refractivity contribution in [1.29, 1.82) is 0 Å². The minimum absolute atomic E-state index is 0.00814. The highest BCUT2D eigenvalue weighted by Gasteiger charge is 2.48. The summed E-state index contributed by atoms with van der Waals surface area (Å²) in [5, 5.41) is 12.3. The summed E-state index contributed by atoms with van der Waals surface area (Å²) >= 11 is 0. The summed E-state index contributed by atoms with van der Waals surface area (Å²) in [6, 6.07) is 6.17. The van der Waals surface area contributed by atoms with Crippen LogP contribution < -0.4 is 9.64 Å². The Morgan fingerprint density at radius 3 is 2.80 bits per heavy atom. The van der Waals surface area contributed by atoms with Crippen molar-refractivity contribution < 1.29 is 23.4 Å². The van der Waals surface area contributed by atoms with Crippen LogP contribution in [0.5, 0.6) is 11.8 Å². The van der Waals surface area contributed by atoms with Crippen LogP contribution in [-0.2, 0) is 11.2 Å². The zero-order valence-corrected chi connectivity index (χ0v) is 26.6. The van der Waals surface area contributed by atoms with Crippen LogP contribution in [0.3, 0.4) is 0 Å². The van der Waals surface area contributed by atoms with Crippen molar-refractivity contribution in [2.75, 3.05) is 50.9 Å². The number of aromatic nitrogens is 3. The predicted molar refractivity (Wildman–Crippen MR) is 173 cm³/mol. The zero-order chi connectivity index (χ0) is 31.6. The van der Waals surface area contributed by atoms with Gasteiger partial charge in [-0.25, -0.2) is 8.78 Å². The van der Waals surface area contributed by atoms with Gasteiger partial charge < -0.3 is 19.5 Å². The molecule has 242 valence electrons. The first-order chi connectivity index (χ1) is 22.3. The monoisotopic (exact) mass is 629 g/mol. The van der Waals surface area contributed by atoms with Crippen LogP contribution in [0.15, 0.2) is 30.5 Å². The number of piperidine rings is 1. The molecule has 3 atom stereocenters. The summed E-state index contributed by atoms with van der Waals surface area (Å²) in [5.41, 5.74) is 0.899. The van der Waals surface area contributed by atoms with Gasteiger partial charge in [-0.3, -0.25) is 9.88 Å². The van der Waals surface area contributed by atoms with Crippen molar-refractivity contribution in [3.8, 4) is 23.0 Å². The Morgan fingerprint density at radius 2 is 1.98 bits per heavy atom. The number of rotatable bonds is 6. The van der Waals surface area contributed by atoms with Gasteiger partial charge in [-0.15, -0.1) is 0 Å². The summed E-state index contributed by atoms with van der Waals surface area (Å²) in [4.78, 5) is 19.0. The van der Waals surface area contributed by atoms with Gasteiger partial charge in [0.2, 0.25) is 0 Å². The summed E-state index contributed by atoms with van der Waals surface area (Å²) < 4.78 is 44.2. The van der Waals surface area contributed by atoms with E-state index in [0.717, 1.165) is 71.3 Å². The van der Waals surface area contributed by atoms with Crippen LogP contribution in [0.1, 0.15) is 57.9 Å². The first-order valence-corrected chi connectivity index (χ1v) is 16.8. The van der Waals surface area contributed by atoms with Gasteiger partial charge >= 0.3 is 6.01 Å². The van der Waals surface area contributed by atoms with Gasteiger partial charge in [0, 0.05) is 43.4 Å². The number of halogens is 2. The molecule has 0 saturated carbocycles. The van der Waals surface area contributed by atoms with E-state index in [-0.39, 0.29) is 39.7 Å². The maximum absolute atomic E-state index is 16.9. The van der Waals surface area contributed by atoms with Crippen molar-refractivity contribution in [2.24, 2.45) is 11.3 Å². The van der Waals surface area contributed by atoms with Crippen molar-refractivity contribution >= 4 is 27.5 Å². The molecule has 8 nitrogen and oxygen atoms in total. The molecule has 0 aliphatic carbocycles. The molecule has 0 bridgehead atoms. The Morgan fingerprint density at radius 1 is 1.11 bits per heavy atom. The Hall–Kier alpha value is -3.63. The number of aryl methyl sites for hydroxylation is 1. The van der Waals surface area contributed by atoms with Gasteiger partial charge in [-0.2, -0.15) is 9.97 Å². The van der Waals surface area contributed by atoms with Crippen molar-refractivity contribution in [3.63, 3.8) is 0 Å². The molecule has 4 saturated heterocycles. The molecule has 1 spiro atoms. The zero-order valence-electron chi connectivity index (χ0n) is 26.6. The molecular formula is C36H41F2N5O3. The van der Waals surface area contributed by atoms with Gasteiger partial charge in [0.05, 0.1) is 17.5 Å². The molecule has 4 fully saturated rings. The lowest BCUT2D eigenvalue weighted by atomic mass is 9.79. The number of pyridine rings is 1. The molecule has 10 heteroatoms. The van der Waals surface area contributed by atoms with E-state index in [1.54, 1.807) is 18.3 Å². The third-order valence-corrected chi connectivity index (χ3v) is 11.0. The lowest BCUT2D eigenvalue weighted by Gasteiger charge is -2.40. The van der Waals surface area contributed by atoms with E-state index < -0.39 is 5.82 Å². The number of phenolic OH excluding ortho intramolecular Hbond substituents is 1. The topological polar surface area (TPSA) is 83.8 Å². The fourth-order valence-corrected chi connectivity index (χ4v) is 8.93. The molecule has 4 aliphatic rings. The summed E-state index contributed by atoms with van der Waals surface area (Å²) in [6.07, 6.45) is 8.35. The molecule has 6 heterocycles. The minimum Gasteiger partial charge on any atom is -0.508 e. The maximum Gasteiger partial charge on any atom is 0.319 e. The molecule has 2 aromatic heterocycles. The summed E-state index contributed by atoms with van der Waals surface area (Å²) in [5.74, 6) is 0.144. The lowest BCUT2D eigenvalue weighted by molar-refractivity contribution is 0.107. The highest BCUT2D eigenvalue weighted by atomic mass is 19.1. The van der Waals surface area contributed by atoms with E-state index in [1.165, 1.54) is 12.1 Å². The number of benzene rings is 2. The van der Waals surface area contributed by atoms with Crippen LogP contribution >= 0.6 is 0 Å². The van der Waals surface area contributed by atoms with Gasteiger partial charge in [0.25, 0.3) is 0 Å². The molecule has 2 aromatic carbocycles. The average Bonchev–Trinajstić information content (AvgIpc) is 3.74. The lowest BCUT2D eigenvalue weighted by Crippen LogP contribution is -2.44. The number of hydrogen-bond acceptors (Lipinski definition) is 8. The Balaban J connectivity index is 1.27. The second-order valence-corrected chi connectivity index (χ2v) is 14.2. The maximum atomic E-state index is 16.9. The normalized spacial score (nSPS) is 26.5. The second kappa shape index (κ2) is 11.3. The SMILES string of the molecule is CCc1c(F)ccc2cc(O)cc(-c3ncc4c(N5CCCC6(CCOC6)C5)nc(OC[C@@]56CCCN5C[C@H](C)C6)nc4c3F)c12. The highest BCUT2D eigenvalue weighted by Crippen LogP contribution is 2.44. The first kappa shape index (κ1) is 29.8. The molecule has 0 amide bonds. The average molecular weight is 630 g/mol. The largest absolute Gasteiger partial charge is 0.508 e. The minimum atomic E-state index is -0.643. The number of phenols is 1. The van der Waals surface area contributed by atoms with Gasteiger partial charge in [0.15, 0.2) is 5.82 Å². The number of ether oxygens (including phenoxy) is 2. The molecule has 4 aromatic rings. The third kappa shape index (κ3) is 4.87. The third-order valence-electron chi connectivity index (χ3n) is 11.0. The molecule has 8 rings (SSSR count). The van der Waals surface area contributed by atoms with Crippen LogP contribution in [0.2, 0.25) is 0 Å². The van der Waals surface area contributed by atoms with Crippen LogP contribution in [0.4, 0.5) is 14.6 Å². The Kier molecular flexibility index (Phi) is 7.28. The molecule has 46 heavy (non-hydrogen) atoms. The quantitative estimate of drug-likeness (QED) is 0.254. The van der Waals surface area contributed by atoms with E-state index in [4.69, 9.17) is 19.4 Å². The fourth-order valence-electron chi connectivity index (χ4n) is 8.93. The molecule has 1 unspecified atom stereocenters. The van der Waals surface area contributed by atoms with E-state index in [1.807, 2.05) is 6.92 Å². The number of anilines is 1. The molecule has 4 aliphatic heterocycles. The van der Waals surface area contributed by atoms with Gasteiger partial charge in [-0.05, 0) is 91.9 Å². The van der Waals surface area contributed by atoms with E-state index in [9.17, 15) is 5.11 Å². The smallest absolute Gasteiger partial charge is 0.319 e. The van der Waals surface area contributed by atoms with Crippen LogP contribution in [0, 0.1) is 23.0 Å². The van der Waals surface area contributed by atoms with Crippen molar-refractivity contribution in [2.45, 2.75) is 64.3 Å². The first-order valence-electron chi connectivity index (χ1n) is 16.8. The van der Waals surface area contributed by atoms with Crippen molar-refractivity contribution in [3.05, 3.63) is 47.7 Å².